The van der Waals surface area contributed by atoms with Gasteiger partial charge in [-0.15, -0.1) is 0 Å². The minimum absolute atomic E-state index is 0.0300. The maximum absolute atomic E-state index is 10.6. The normalized spacial score (nSPS) is 11.7. The van der Waals surface area contributed by atoms with Crippen molar-refractivity contribution in [3.05, 3.63) is 23.8 Å². The number of hydrogen-bond donors (Lipinski definition) is 3. The van der Waals surface area contributed by atoms with Crippen molar-refractivity contribution in [1.82, 2.24) is 5.32 Å². The molecule has 6 nitrogen and oxygen atoms in total. The molecule has 1 amide bonds. The zero-order valence-corrected chi connectivity index (χ0v) is 11.3. The molecular formula is C14H19NO5. The van der Waals surface area contributed by atoms with Crippen molar-refractivity contribution in [1.29, 1.82) is 0 Å². The van der Waals surface area contributed by atoms with Crippen molar-refractivity contribution in [2.75, 3.05) is 6.61 Å². The Bertz CT molecular complexity index is 461. The number of carboxylic acid groups (broad SMARTS) is 1. The lowest BCUT2D eigenvalue weighted by atomic mass is 10.0. The molecule has 0 bridgehead atoms. The molecule has 0 aliphatic heterocycles. The zero-order chi connectivity index (χ0) is 15.0. The molecule has 0 heterocycles. The molecule has 6 heteroatoms. The first-order valence-corrected chi connectivity index (χ1v) is 6.43. The van der Waals surface area contributed by atoms with Crippen LogP contribution < -0.4 is 10.1 Å². The van der Waals surface area contributed by atoms with Crippen LogP contribution in [-0.2, 0) is 16.0 Å². The third-order valence-electron chi connectivity index (χ3n) is 2.86. The van der Waals surface area contributed by atoms with Gasteiger partial charge in [0.15, 0.2) is 11.5 Å². The van der Waals surface area contributed by atoms with Crippen LogP contribution in [0.3, 0.4) is 0 Å². The van der Waals surface area contributed by atoms with E-state index in [9.17, 15) is 14.7 Å². The molecule has 110 valence electrons. The summed E-state index contributed by atoms with van der Waals surface area (Å²) in [4.78, 5) is 21.1. The molecule has 1 aromatic rings. The standard InChI is InChI=1S/C14H19NO5/c1-2-20-12-5-3-4-10(14(12)19)8-11(15-9-16)6-7-13(17)18/h3-5,9,11,19H,2,6-8H2,1H3,(H,15,16)(H,17,18). The number of hydrogen-bond acceptors (Lipinski definition) is 4. The van der Waals surface area contributed by atoms with E-state index >= 15 is 0 Å². The molecule has 0 fully saturated rings. The van der Waals surface area contributed by atoms with Gasteiger partial charge in [0.05, 0.1) is 6.61 Å². The van der Waals surface area contributed by atoms with Crippen LogP contribution in [0.25, 0.3) is 0 Å². The van der Waals surface area contributed by atoms with Gasteiger partial charge in [0.25, 0.3) is 0 Å². The summed E-state index contributed by atoms with van der Waals surface area (Å²) in [5.74, 6) is -0.509. The first-order valence-electron chi connectivity index (χ1n) is 6.43. The molecule has 3 N–H and O–H groups in total. The van der Waals surface area contributed by atoms with E-state index in [1.54, 1.807) is 18.2 Å². The van der Waals surface area contributed by atoms with Crippen molar-refractivity contribution >= 4 is 12.4 Å². The van der Waals surface area contributed by atoms with Crippen LogP contribution >= 0.6 is 0 Å². The monoisotopic (exact) mass is 281 g/mol. The zero-order valence-electron chi connectivity index (χ0n) is 11.3. The lowest BCUT2D eigenvalue weighted by Crippen LogP contribution is -2.30. The number of amides is 1. The van der Waals surface area contributed by atoms with E-state index in [0.29, 0.717) is 37.2 Å². The molecule has 1 atom stereocenters. The van der Waals surface area contributed by atoms with E-state index in [0.717, 1.165) is 0 Å². The van der Waals surface area contributed by atoms with Crippen molar-refractivity contribution in [3.63, 3.8) is 0 Å². The minimum atomic E-state index is -0.921. The molecular weight excluding hydrogens is 262 g/mol. The average molecular weight is 281 g/mol. The van der Waals surface area contributed by atoms with Crippen molar-refractivity contribution in [2.24, 2.45) is 0 Å². The highest BCUT2D eigenvalue weighted by atomic mass is 16.5. The number of rotatable bonds is 9. The van der Waals surface area contributed by atoms with Gasteiger partial charge in [-0.1, -0.05) is 12.1 Å². The number of aromatic hydroxyl groups is 1. The van der Waals surface area contributed by atoms with Gasteiger partial charge in [0, 0.05) is 12.5 Å². The van der Waals surface area contributed by atoms with Crippen LogP contribution in [0.4, 0.5) is 0 Å². The highest BCUT2D eigenvalue weighted by Gasteiger charge is 2.15. The Morgan fingerprint density at radius 2 is 2.25 bits per heavy atom. The quantitative estimate of drug-likeness (QED) is 0.593. The summed E-state index contributed by atoms with van der Waals surface area (Å²) in [6.45, 7) is 2.25. The minimum Gasteiger partial charge on any atom is -0.504 e. The van der Waals surface area contributed by atoms with E-state index in [-0.39, 0.29) is 18.2 Å². The van der Waals surface area contributed by atoms with Crippen LogP contribution in [0.15, 0.2) is 18.2 Å². The summed E-state index contributed by atoms with van der Waals surface area (Å²) in [5.41, 5.74) is 0.612. The van der Waals surface area contributed by atoms with E-state index in [1.807, 2.05) is 6.92 Å². The second-order valence-electron chi connectivity index (χ2n) is 4.31. The first-order chi connectivity index (χ1) is 9.58. The summed E-state index contributed by atoms with van der Waals surface area (Å²) >= 11 is 0. The smallest absolute Gasteiger partial charge is 0.303 e. The summed E-state index contributed by atoms with van der Waals surface area (Å²) < 4.78 is 5.28. The molecule has 0 aromatic heterocycles. The van der Waals surface area contributed by atoms with Crippen LogP contribution in [0.5, 0.6) is 11.5 Å². The second kappa shape index (κ2) is 8.04. The van der Waals surface area contributed by atoms with Gasteiger partial charge in [0.2, 0.25) is 6.41 Å². The SMILES string of the molecule is CCOc1cccc(CC(CCC(=O)O)NC=O)c1O. The largest absolute Gasteiger partial charge is 0.504 e. The molecule has 0 radical (unpaired) electrons. The summed E-state index contributed by atoms with van der Waals surface area (Å²) in [5, 5.41) is 21.3. The fraction of sp³-hybridized carbons (Fsp3) is 0.429. The number of ether oxygens (including phenoxy) is 1. The van der Waals surface area contributed by atoms with Crippen LogP contribution in [-0.4, -0.2) is 35.2 Å². The van der Waals surface area contributed by atoms with E-state index in [4.69, 9.17) is 9.84 Å². The third kappa shape index (κ3) is 4.79. The Morgan fingerprint density at radius 1 is 1.50 bits per heavy atom. The third-order valence-corrected chi connectivity index (χ3v) is 2.86. The molecule has 0 saturated heterocycles. The lowest BCUT2D eigenvalue weighted by molar-refractivity contribution is -0.137. The van der Waals surface area contributed by atoms with Crippen LogP contribution in [0.1, 0.15) is 25.3 Å². The summed E-state index contributed by atoms with van der Waals surface area (Å²) in [7, 11) is 0. The van der Waals surface area contributed by atoms with Crippen molar-refractivity contribution in [3.8, 4) is 11.5 Å². The number of nitrogens with one attached hydrogen (secondary N) is 1. The Morgan fingerprint density at radius 3 is 2.85 bits per heavy atom. The predicted molar refractivity (Wildman–Crippen MR) is 72.8 cm³/mol. The molecule has 1 unspecified atom stereocenters. The molecule has 1 rings (SSSR count). The number of carboxylic acids is 1. The van der Waals surface area contributed by atoms with Gasteiger partial charge in [-0.2, -0.15) is 0 Å². The highest BCUT2D eigenvalue weighted by molar-refractivity contribution is 5.66. The Hall–Kier alpha value is -2.24. The summed E-state index contributed by atoms with van der Waals surface area (Å²) in [6.07, 6.45) is 1.14. The molecule has 0 aliphatic carbocycles. The van der Waals surface area contributed by atoms with Gasteiger partial charge in [0.1, 0.15) is 0 Å². The van der Waals surface area contributed by atoms with Gasteiger partial charge in [-0.25, -0.2) is 0 Å². The number of benzene rings is 1. The molecule has 0 spiro atoms. The Labute approximate surface area is 117 Å². The summed E-state index contributed by atoms with van der Waals surface area (Å²) in [6, 6.07) is 4.78. The molecule has 1 aromatic carbocycles. The van der Waals surface area contributed by atoms with Gasteiger partial charge < -0.3 is 20.3 Å². The number of carbonyl (C=O) groups is 2. The fourth-order valence-electron chi connectivity index (χ4n) is 1.91. The van der Waals surface area contributed by atoms with Crippen molar-refractivity contribution < 1.29 is 24.5 Å². The topological polar surface area (TPSA) is 95.9 Å². The lowest BCUT2D eigenvalue weighted by Gasteiger charge is -2.17. The fourth-order valence-corrected chi connectivity index (χ4v) is 1.91. The van der Waals surface area contributed by atoms with Gasteiger partial charge in [-0.3, -0.25) is 9.59 Å². The Kier molecular flexibility index (Phi) is 6.36. The van der Waals surface area contributed by atoms with Crippen LogP contribution in [0.2, 0.25) is 0 Å². The van der Waals surface area contributed by atoms with E-state index < -0.39 is 5.97 Å². The second-order valence-corrected chi connectivity index (χ2v) is 4.31. The molecule has 20 heavy (non-hydrogen) atoms. The Balaban J connectivity index is 2.79. The van der Waals surface area contributed by atoms with E-state index in [2.05, 4.69) is 5.32 Å². The highest BCUT2D eigenvalue weighted by Crippen LogP contribution is 2.30. The maximum Gasteiger partial charge on any atom is 0.303 e. The van der Waals surface area contributed by atoms with Gasteiger partial charge in [-0.05, 0) is 31.4 Å². The van der Waals surface area contributed by atoms with E-state index in [1.165, 1.54) is 0 Å². The molecule has 0 aliphatic rings. The van der Waals surface area contributed by atoms with Crippen molar-refractivity contribution in [2.45, 2.75) is 32.2 Å². The maximum atomic E-state index is 10.6. The number of carbonyl (C=O) groups excluding carboxylic acids is 1. The average Bonchev–Trinajstić information content (AvgIpc) is 2.41. The van der Waals surface area contributed by atoms with Gasteiger partial charge >= 0.3 is 5.97 Å². The van der Waals surface area contributed by atoms with Crippen LogP contribution in [0, 0.1) is 0 Å². The number of phenolic OH excluding ortho intramolecular Hbond substituents is 1. The first kappa shape index (κ1) is 15.8. The number of aliphatic carboxylic acids is 1. The number of phenols is 1. The predicted octanol–water partition coefficient (Wildman–Crippen LogP) is 1.31. The number of para-hydroxylation sites is 1. The molecule has 0 saturated carbocycles.